The van der Waals surface area contributed by atoms with Crippen molar-refractivity contribution in [2.45, 2.75) is 36.2 Å². The minimum atomic E-state index is -1.83. The van der Waals surface area contributed by atoms with Crippen LogP contribution < -0.4 is 9.46 Å². The molecular formula is C25H27FN2O5S. The molecule has 0 spiro atoms. The number of anilines is 1. The van der Waals surface area contributed by atoms with E-state index in [1.807, 2.05) is 12.1 Å². The molecule has 1 aliphatic carbocycles. The van der Waals surface area contributed by atoms with Gasteiger partial charge in [-0.05, 0) is 60.6 Å². The van der Waals surface area contributed by atoms with Crippen LogP contribution in [0.25, 0.3) is 6.08 Å². The van der Waals surface area contributed by atoms with Gasteiger partial charge in [-0.1, -0.05) is 18.2 Å². The number of fused-ring (bicyclic) bond motifs is 3. The second kappa shape index (κ2) is 9.48. The molecule has 0 bridgehead atoms. The standard InChI is InChI=1S/C25H27FN2O5S/c26-17-3-6-22(15(12-17)2-1-9-28-10-7-18(29)8-11-28)34(32)27-21-5-4-19-20-13-16(20)14-33-24(19)23(21)25(30)31/h1-6,12,16,18,20,27,29H,7-11,13-14H2,(H,30,31)/b2-1-/t16-,20-,34?/m0/s1. The van der Waals surface area contributed by atoms with Crippen LogP contribution in [0.3, 0.4) is 0 Å². The normalized spacial score (nSPS) is 23.1. The minimum absolute atomic E-state index is 0.0253. The summed E-state index contributed by atoms with van der Waals surface area (Å²) in [5.74, 6) is -0.474. The Morgan fingerprint density at radius 1 is 1.26 bits per heavy atom. The lowest BCUT2D eigenvalue weighted by molar-refractivity contribution is 0.0692. The maximum Gasteiger partial charge on any atom is 0.341 e. The van der Waals surface area contributed by atoms with E-state index in [2.05, 4.69) is 9.62 Å². The van der Waals surface area contributed by atoms with E-state index in [0.717, 1.165) is 37.9 Å². The molecule has 3 atom stereocenters. The zero-order valence-corrected chi connectivity index (χ0v) is 19.4. The topological polar surface area (TPSA) is 99.1 Å². The van der Waals surface area contributed by atoms with Crippen LogP contribution >= 0.6 is 0 Å². The first-order valence-corrected chi connectivity index (χ1v) is 12.6. The monoisotopic (exact) mass is 486 g/mol. The first-order valence-electron chi connectivity index (χ1n) is 11.5. The summed E-state index contributed by atoms with van der Waals surface area (Å²) in [6, 6.07) is 7.46. The number of nitrogens with one attached hydrogen (secondary N) is 1. The van der Waals surface area contributed by atoms with E-state index in [4.69, 9.17) is 4.74 Å². The average Bonchev–Trinajstić information content (AvgIpc) is 3.60. The summed E-state index contributed by atoms with van der Waals surface area (Å²) in [7, 11) is -1.83. The summed E-state index contributed by atoms with van der Waals surface area (Å²) < 4.78 is 35.8. The highest BCUT2D eigenvalue weighted by molar-refractivity contribution is 7.86. The lowest BCUT2D eigenvalue weighted by atomic mass is 10.0. The number of carbonyl (C=O) groups is 1. The number of piperidine rings is 1. The van der Waals surface area contributed by atoms with Crippen molar-refractivity contribution in [2.24, 2.45) is 5.92 Å². The molecule has 0 aromatic heterocycles. The summed E-state index contributed by atoms with van der Waals surface area (Å²) in [6.45, 7) is 2.70. The van der Waals surface area contributed by atoms with E-state index >= 15 is 0 Å². The quantitative estimate of drug-likeness (QED) is 0.553. The zero-order chi connectivity index (χ0) is 23.8. The molecule has 1 saturated carbocycles. The van der Waals surface area contributed by atoms with E-state index in [-0.39, 0.29) is 17.4 Å². The second-order valence-electron chi connectivity index (χ2n) is 9.11. The highest BCUT2D eigenvalue weighted by Crippen LogP contribution is 2.55. The van der Waals surface area contributed by atoms with Crippen molar-refractivity contribution in [2.75, 3.05) is 31.0 Å². The summed E-state index contributed by atoms with van der Waals surface area (Å²) in [6.07, 6.45) is 5.81. The van der Waals surface area contributed by atoms with Gasteiger partial charge in [0.25, 0.3) is 0 Å². The third-order valence-corrected chi connectivity index (χ3v) is 7.93. The fourth-order valence-electron chi connectivity index (χ4n) is 4.75. The number of ether oxygens (including phenoxy) is 1. The van der Waals surface area contributed by atoms with Crippen molar-refractivity contribution in [1.29, 1.82) is 0 Å². The molecular weight excluding hydrogens is 459 g/mol. The largest absolute Gasteiger partial charge is 0.492 e. The highest BCUT2D eigenvalue weighted by Gasteiger charge is 2.45. The van der Waals surface area contributed by atoms with E-state index < -0.39 is 22.8 Å². The van der Waals surface area contributed by atoms with Gasteiger partial charge >= 0.3 is 5.97 Å². The summed E-state index contributed by atoms with van der Waals surface area (Å²) in [5.41, 5.74) is 1.52. The van der Waals surface area contributed by atoms with Gasteiger partial charge < -0.3 is 19.7 Å². The number of likely N-dealkylation sites (tertiary alicyclic amines) is 1. The zero-order valence-electron chi connectivity index (χ0n) is 18.6. The predicted octanol–water partition coefficient (Wildman–Crippen LogP) is 3.62. The van der Waals surface area contributed by atoms with Crippen LogP contribution in [0.5, 0.6) is 5.75 Å². The smallest absolute Gasteiger partial charge is 0.341 e. The van der Waals surface area contributed by atoms with Gasteiger partial charge in [-0.25, -0.2) is 13.4 Å². The average molecular weight is 487 g/mol. The lowest BCUT2D eigenvalue weighted by Crippen LogP contribution is -2.35. The molecule has 2 fully saturated rings. The molecule has 0 amide bonds. The number of halogens is 1. The van der Waals surface area contributed by atoms with Crippen molar-refractivity contribution in [3.05, 3.63) is 58.9 Å². The van der Waals surface area contributed by atoms with Crippen LogP contribution in [-0.2, 0) is 11.0 Å². The molecule has 3 aliphatic rings. The number of carboxylic acids is 1. The molecule has 9 heteroatoms. The number of aliphatic hydroxyl groups excluding tert-OH is 1. The first-order chi connectivity index (χ1) is 16.4. The highest BCUT2D eigenvalue weighted by atomic mass is 32.2. The predicted molar refractivity (Wildman–Crippen MR) is 127 cm³/mol. The van der Waals surface area contributed by atoms with Crippen molar-refractivity contribution in [3.63, 3.8) is 0 Å². The number of aromatic carboxylic acids is 1. The molecule has 2 aromatic carbocycles. The molecule has 180 valence electrons. The van der Waals surface area contributed by atoms with Crippen LogP contribution in [0.15, 0.2) is 41.3 Å². The van der Waals surface area contributed by atoms with Gasteiger partial charge in [-0.15, -0.1) is 0 Å². The SMILES string of the molecule is O=C(O)c1c(NS(=O)c2ccc(F)cc2/C=C\CN2CCC(O)CC2)ccc2c1OC[C@@H]1C[C@H]21. The number of hydrogen-bond acceptors (Lipinski definition) is 5. The van der Waals surface area contributed by atoms with Crippen molar-refractivity contribution < 1.29 is 28.3 Å². The molecule has 2 aromatic rings. The van der Waals surface area contributed by atoms with E-state index in [1.54, 1.807) is 12.1 Å². The molecule has 2 aliphatic heterocycles. The number of aliphatic hydroxyl groups is 1. The molecule has 1 saturated heterocycles. The number of hydrogen-bond donors (Lipinski definition) is 3. The molecule has 0 radical (unpaired) electrons. The number of rotatable bonds is 7. The Balaban J connectivity index is 1.36. The van der Waals surface area contributed by atoms with Crippen molar-refractivity contribution >= 4 is 28.7 Å². The fourth-order valence-corrected chi connectivity index (χ4v) is 5.76. The molecule has 2 heterocycles. The summed E-state index contributed by atoms with van der Waals surface area (Å²) in [4.78, 5) is 14.6. The molecule has 3 N–H and O–H groups in total. The number of carboxylic acid groups (broad SMARTS) is 1. The first kappa shape index (κ1) is 23.0. The fraction of sp³-hybridized carbons (Fsp3) is 0.400. The van der Waals surface area contributed by atoms with Gasteiger partial charge in [-0.2, -0.15) is 0 Å². The Labute approximate surface area is 199 Å². The van der Waals surface area contributed by atoms with Crippen molar-refractivity contribution in [3.8, 4) is 5.75 Å². The molecule has 5 rings (SSSR count). The van der Waals surface area contributed by atoms with Crippen LogP contribution in [-0.4, -0.2) is 57.6 Å². The Morgan fingerprint density at radius 2 is 2.06 bits per heavy atom. The Kier molecular flexibility index (Phi) is 6.42. The maximum absolute atomic E-state index is 14.0. The summed E-state index contributed by atoms with van der Waals surface area (Å²) >= 11 is 0. The van der Waals surface area contributed by atoms with Gasteiger partial charge in [0.15, 0.2) is 11.0 Å². The van der Waals surface area contributed by atoms with Crippen molar-refractivity contribution in [1.82, 2.24) is 4.90 Å². The van der Waals surface area contributed by atoms with Gasteiger partial charge in [0.1, 0.15) is 17.1 Å². The van der Waals surface area contributed by atoms with E-state index in [1.165, 1.54) is 18.2 Å². The van der Waals surface area contributed by atoms with Gasteiger partial charge in [0.2, 0.25) is 0 Å². The number of benzene rings is 2. The lowest BCUT2D eigenvalue weighted by Gasteiger charge is -2.28. The van der Waals surface area contributed by atoms with Gasteiger partial charge in [0, 0.05) is 25.6 Å². The number of nitrogens with zero attached hydrogens (tertiary/aromatic N) is 1. The van der Waals surface area contributed by atoms with E-state index in [0.29, 0.717) is 41.2 Å². The van der Waals surface area contributed by atoms with Crippen LogP contribution in [0.2, 0.25) is 0 Å². The van der Waals surface area contributed by atoms with Crippen LogP contribution in [0.1, 0.15) is 46.7 Å². The van der Waals surface area contributed by atoms with Gasteiger partial charge in [0.05, 0.1) is 23.3 Å². The molecule has 34 heavy (non-hydrogen) atoms. The Morgan fingerprint density at radius 3 is 2.82 bits per heavy atom. The third kappa shape index (κ3) is 4.73. The molecule has 1 unspecified atom stereocenters. The Bertz CT molecular complexity index is 1160. The van der Waals surface area contributed by atoms with Gasteiger partial charge in [-0.3, -0.25) is 4.90 Å². The maximum atomic E-state index is 14.0. The second-order valence-corrected chi connectivity index (χ2v) is 10.3. The molecule has 7 nitrogen and oxygen atoms in total. The van der Waals surface area contributed by atoms with E-state index in [9.17, 15) is 23.6 Å². The third-order valence-electron chi connectivity index (χ3n) is 6.76. The minimum Gasteiger partial charge on any atom is -0.492 e. The van der Waals surface area contributed by atoms with Crippen LogP contribution in [0.4, 0.5) is 10.1 Å². The van der Waals surface area contributed by atoms with Crippen LogP contribution in [0, 0.1) is 11.7 Å². The summed E-state index contributed by atoms with van der Waals surface area (Å²) in [5, 5.41) is 19.5. The Hall–Kier alpha value is -2.75.